The van der Waals surface area contributed by atoms with Crippen molar-refractivity contribution >= 4 is 23.3 Å². The summed E-state index contributed by atoms with van der Waals surface area (Å²) in [5.41, 5.74) is 6.71. The van der Waals surface area contributed by atoms with Crippen LogP contribution in [0.2, 0.25) is 5.02 Å². The Hall–Kier alpha value is -3.24. The minimum absolute atomic E-state index is 0.0437. The summed E-state index contributed by atoms with van der Waals surface area (Å²) >= 11 is 6.41. The highest BCUT2D eigenvalue weighted by atomic mass is 35.5. The molecular weight excluding hydrogens is 505 g/mol. The van der Waals surface area contributed by atoms with E-state index in [1.165, 1.54) is 18.3 Å². The summed E-state index contributed by atoms with van der Waals surface area (Å²) in [5, 5.41) is 3.45. The Morgan fingerprint density at radius 3 is 2.46 bits per heavy atom. The highest BCUT2D eigenvalue weighted by Gasteiger charge is 2.30. The molecule has 0 aliphatic carbocycles. The van der Waals surface area contributed by atoms with Gasteiger partial charge in [0.25, 0.3) is 0 Å². The molecule has 0 spiro atoms. The van der Waals surface area contributed by atoms with Crippen molar-refractivity contribution in [2.45, 2.75) is 44.3 Å². The number of nitrogens with two attached hydrogens (primary N) is 1. The van der Waals surface area contributed by atoms with Crippen LogP contribution in [0.3, 0.4) is 0 Å². The van der Waals surface area contributed by atoms with Gasteiger partial charge in [-0.1, -0.05) is 23.7 Å². The quantitative estimate of drug-likeness (QED) is 0.392. The zero-order chi connectivity index (χ0) is 26.4. The van der Waals surface area contributed by atoms with Crippen molar-refractivity contribution in [3.63, 3.8) is 0 Å². The summed E-state index contributed by atoms with van der Waals surface area (Å²) in [4.78, 5) is 27.7. The lowest BCUT2D eigenvalue weighted by Gasteiger charge is -2.33. The van der Waals surface area contributed by atoms with Crippen molar-refractivity contribution in [1.29, 1.82) is 0 Å². The van der Waals surface area contributed by atoms with Crippen molar-refractivity contribution < 1.29 is 18.0 Å². The number of piperidine rings is 1. The van der Waals surface area contributed by atoms with E-state index in [1.54, 1.807) is 18.5 Å². The van der Waals surface area contributed by atoms with Gasteiger partial charge in [-0.3, -0.25) is 14.8 Å². The molecular formula is C26H28ClF3N6O. The Morgan fingerprint density at radius 1 is 1.08 bits per heavy atom. The average Bonchev–Trinajstić information content (AvgIpc) is 2.89. The van der Waals surface area contributed by atoms with E-state index < -0.39 is 11.7 Å². The van der Waals surface area contributed by atoms with Crippen LogP contribution in [-0.2, 0) is 11.0 Å². The van der Waals surface area contributed by atoms with Crippen LogP contribution in [0.15, 0.2) is 48.9 Å². The maximum atomic E-state index is 13.1. The number of nitrogens with one attached hydrogen (secondary N) is 1. The number of halogens is 4. The van der Waals surface area contributed by atoms with Gasteiger partial charge in [0.05, 0.1) is 22.5 Å². The van der Waals surface area contributed by atoms with Crippen LogP contribution in [0.25, 0.3) is 22.5 Å². The molecule has 1 fully saturated rings. The summed E-state index contributed by atoms with van der Waals surface area (Å²) in [7, 11) is 0. The van der Waals surface area contributed by atoms with E-state index in [1.807, 2.05) is 0 Å². The monoisotopic (exact) mass is 532 g/mol. The van der Waals surface area contributed by atoms with Crippen LogP contribution in [0.5, 0.6) is 0 Å². The minimum Gasteiger partial charge on any atom is -0.355 e. The molecule has 0 unspecified atom stereocenters. The van der Waals surface area contributed by atoms with Gasteiger partial charge in [0.15, 0.2) is 0 Å². The standard InChI is InChI=1S/C26H28ClF3N6O/c27-21-15-32-12-8-20(21)25-24(17-4-6-18(7-5-17)26(28,29)30)33-16-22(35-25)36-13-9-19(10-14-36)34-23(37)3-1-2-11-31/h4-8,12,15-16,19H,1-3,9-11,13-14,31H2,(H,34,37). The smallest absolute Gasteiger partial charge is 0.355 e. The molecule has 0 atom stereocenters. The third-order valence-electron chi connectivity index (χ3n) is 6.32. The first-order chi connectivity index (χ1) is 17.8. The Labute approximate surface area is 218 Å². The fraction of sp³-hybridized carbons (Fsp3) is 0.385. The lowest BCUT2D eigenvalue weighted by molar-refractivity contribution is -0.137. The summed E-state index contributed by atoms with van der Waals surface area (Å²) in [5.74, 6) is 0.675. The van der Waals surface area contributed by atoms with Crippen LogP contribution in [0.4, 0.5) is 19.0 Å². The molecule has 0 saturated carbocycles. The fourth-order valence-corrected chi connectivity index (χ4v) is 4.51. The zero-order valence-corrected chi connectivity index (χ0v) is 20.9. The number of amides is 1. The van der Waals surface area contributed by atoms with E-state index in [4.69, 9.17) is 22.3 Å². The molecule has 1 aromatic carbocycles. The van der Waals surface area contributed by atoms with Gasteiger partial charge in [0.1, 0.15) is 11.5 Å². The maximum absolute atomic E-state index is 13.1. The summed E-state index contributed by atoms with van der Waals surface area (Å²) in [6.07, 6.45) is 3.87. The van der Waals surface area contributed by atoms with E-state index >= 15 is 0 Å². The molecule has 7 nitrogen and oxygen atoms in total. The van der Waals surface area contributed by atoms with Crippen LogP contribution in [0, 0.1) is 0 Å². The lowest BCUT2D eigenvalue weighted by Crippen LogP contribution is -2.45. The predicted molar refractivity (Wildman–Crippen MR) is 137 cm³/mol. The van der Waals surface area contributed by atoms with Crippen LogP contribution >= 0.6 is 11.6 Å². The van der Waals surface area contributed by atoms with E-state index in [2.05, 4.69) is 20.2 Å². The van der Waals surface area contributed by atoms with Gasteiger partial charge < -0.3 is 16.0 Å². The number of aromatic nitrogens is 3. The molecule has 3 heterocycles. The van der Waals surface area contributed by atoms with Gasteiger partial charge in [0, 0.05) is 49.1 Å². The van der Waals surface area contributed by atoms with Crippen LogP contribution < -0.4 is 16.0 Å². The van der Waals surface area contributed by atoms with Gasteiger partial charge in [-0.2, -0.15) is 13.2 Å². The first kappa shape index (κ1) is 26.8. The molecule has 2 aromatic heterocycles. The summed E-state index contributed by atoms with van der Waals surface area (Å²) in [6.45, 7) is 1.92. The number of carbonyl (C=O) groups excluding carboxylic acids is 1. The molecule has 1 aliphatic rings. The molecule has 11 heteroatoms. The lowest BCUT2D eigenvalue weighted by atomic mass is 10.0. The number of hydrogen-bond donors (Lipinski definition) is 2. The third-order valence-corrected chi connectivity index (χ3v) is 6.62. The number of hydrogen-bond acceptors (Lipinski definition) is 6. The van der Waals surface area contributed by atoms with E-state index in [-0.39, 0.29) is 11.9 Å². The van der Waals surface area contributed by atoms with Crippen LogP contribution in [-0.4, -0.2) is 46.5 Å². The highest BCUT2D eigenvalue weighted by molar-refractivity contribution is 6.33. The van der Waals surface area contributed by atoms with Crippen molar-refractivity contribution in [2.75, 3.05) is 24.5 Å². The number of unbranched alkanes of at least 4 members (excludes halogenated alkanes) is 1. The number of nitrogens with zero attached hydrogens (tertiary/aromatic N) is 4. The SMILES string of the molecule is NCCCCC(=O)NC1CCN(c2cnc(-c3ccc(C(F)(F)F)cc3)c(-c3ccncc3Cl)n2)CC1. The van der Waals surface area contributed by atoms with E-state index in [0.29, 0.717) is 59.4 Å². The number of carbonyl (C=O) groups is 1. The average molecular weight is 533 g/mol. The number of anilines is 1. The molecule has 4 rings (SSSR count). The highest BCUT2D eigenvalue weighted by Crippen LogP contribution is 2.36. The van der Waals surface area contributed by atoms with Gasteiger partial charge in [-0.25, -0.2) is 4.98 Å². The first-order valence-electron chi connectivity index (χ1n) is 12.1. The predicted octanol–water partition coefficient (Wildman–Crippen LogP) is 5.09. The molecule has 1 aliphatic heterocycles. The molecule has 3 N–H and O–H groups in total. The molecule has 1 saturated heterocycles. The Bertz CT molecular complexity index is 1210. The van der Waals surface area contributed by atoms with E-state index in [9.17, 15) is 18.0 Å². The summed E-state index contributed by atoms with van der Waals surface area (Å²) < 4.78 is 39.2. The molecule has 0 bridgehead atoms. The second-order valence-electron chi connectivity index (χ2n) is 8.93. The third kappa shape index (κ3) is 6.75. The minimum atomic E-state index is -4.43. The summed E-state index contributed by atoms with van der Waals surface area (Å²) in [6, 6.07) is 6.61. The van der Waals surface area contributed by atoms with Gasteiger partial charge in [0.2, 0.25) is 5.91 Å². The Balaban J connectivity index is 1.55. The van der Waals surface area contributed by atoms with Gasteiger partial charge >= 0.3 is 6.18 Å². The van der Waals surface area contributed by atoms with Crippen molar-refractivity contribution in [2.24, 2.45) is 5.73 Å². The molecule has 0 radical (unpaired) electrons. The fourth-order valence-electron chi connectivity index (χ4n) is 4.30. The van der Waals surface area contributed by atoms with E-state index in [0.717, 1.165) is 37.8 Å². The Kier molecular flexibility index (Phi) is 8.60. The number of pyridine rings is 1. The number of rotatable bonds is 8. The van der Waals surface area contributed by atoms with Crippen molar-refractivity contribution in [3.8, 4) is 22.5 Å². The first-order valence-corrected chi connectivity index (χ1v) is 12.5. The topological polar surface area (TPSA) is 97.0 Å². The second-order valence-corrected chi connectivity index (χ2v) is 9.34. The molecule has 1 amide bonds. The zero-order valence-electron chi connectivity index (χ0n) is 20.1. The molecule has 37 heavy (non-hydrogen) atoms. The maximum Gasteiger partial charge on any atom is 0.416 e. The van der Waals surface area contributed by atoms with Crippen molar-refractivity contribution in [3.05, 3.63) is 59.5 Å². The largest absolute Gasteiger partial charge is 0.416 e. The van der Waals surface area contributed by atoms with Crippen LogP contribution in [0.1, 0.15) is 37.7 Å². The molecule has 3 aromatic rings. The van der Waals surface area contributed by atoms with Gasteiger partial charge in [-0.05, 0) is 50.4 Å². The normalized spacial score (nSPS) is 14.6. The second kappa shape index (κ2) is 11.9. The number of benzene rings is 1. The van der Waals surface area contributed by atoms with Gasteiger partial charge in [-0.15, -0.1) is 0 Å². The number of alkyl halides is 3. The van der Waals surface area contributed by atoms with Crippen molar-refractivity contribution in [1.82, 2.24) is 20.3 Å². The molecule has 196 valence electrons. The Morgan fingerprint density at radius 2 is 1.81 bits per heavy atom.